The molecule has 0 spiro atoms. The van der Waals surface area contributed by atoms with Crippen molar-refractivity contribution in [2.45, 2.75) is 12.1 Å². The van der Waals surface area contributed by atoms with Crippen LogP contribution in [0.5, 0.6) is 0 Å². The monoisotopic (exact) mass is 331 g/mol. The molecular weight excluding hydrogens is 318 g/mol. The van der Waals surface area contributed by atoms with Crippen LogP contribution < -0.4 is 5.32 Å². The lowest BCUT2D eigenvalue weighted by atomic mass is 10.2. The third kappa shape index (κ3) is 3.43. The highest BCUT2D eigenvalue weighted by Gasteiger charge is 2.08. The van der Waals surface area contributed by atoms with E-state index in [1.54, 1.807) is 12.1 Å². The first-order valence-corrected chi connectivity index (χ1v) is 8.12. The fourth-order valence-electron chi connectivity index (χ4n) is 2.09. The average Bonchev–Trinajstić information content (AvgIpc) is 2.91. The maximum Gasteiger partial charge on any atom is 0.234 e. The first-order chi connectivity index (χ1) is 10.6. The molecule has 1 heterocycles. The number of imidazole rings is 1. The van der Waals surface area contributed by atoms with E-state index in [-0.39, 0.29) is 5.91 Å². The summed E-state index contributed by atoms with van der Waals surface area (Å²) >= 11 is 7.28. The first kappa shape index (κ1) is 14.9. The second kappa shape index (κ2) is 6.42. The summed E-state index contributed by atoms with van der Waals surface area (Å²) in [7, 11) is 0. The second-order valence-electron chi connectivity index (χ2n) is 4.86. The Labute approximate surface area is 137 Å². The van der Waals surface area contributed by atoms with Crippen molar-refractivity contribution in [1.29, 1.82) is 0 Å². The van der Waals surface area contributed by atoms with Gasteiger partial charge in [0.25, 0.3) is 0 Å². The molecule has 0 fully saturated rings. The Kier molecular flexibility index (Phi) is 4.36. The van der Waals surface area contributed by atoms with E-state index >= 15 is 0 Å². The van der Waals surface area contributed by atoms with Crippen molar-refractivity contribution in [2.75, 3.05) is 11.1 Å². The van der Waals surface area contributed by atoms with Gasteiger partial charge in [-0.2, -0.15) is 0 Å². The predicted octanol–water partition coefficient (Wildman–Crippen LogP) is 4.26. The number of anilines is 1. The van der Waals surface area contributed by atoms with Crippen LogP contribution in [-0.2, 0) is 4.79 Å². The predicted molar refractivity (Wildman–Crippen MR) is 91.6 cm³/mol. The number of benzene rings is 2. The fraction of sp³-hybridized carbons (Fsp3) is 0.125. The second-order valence-corrected chi connectivity index (χ2v) is 6.26. The number of para-hydroxylation sites is 2. The van der Waals surface area contributed by atoms with Crippen LogP contribution in [0.2, 0.25) is 5.02 Å². The Balaban J connectivity index is 1.62. The number of nitrogens with one attached hydrogen (secondary N) is 2. The Morgan fingerprint density at radius 2 is 2.14 bits per heavy atom. The molecule has 0 aliphatic rings. The van der Waals surface area contributed by atoms with Gasteiger partial charge in [-0.05, 0) is 42.8 Å². The standard InChI is InChI=1S/C16H14ClN3OS/c1-10-8-11(17)6-7-12(10)18-15(21)9-22-16-19-13-4-2-3-5-14(13)20-16/h2-8H,9H2,1H3,(H,18,21)(H,19,20). The molecule has 0 radical (unpaired) electrons. The molecule has 2 N–H and O–H groups in total. The van der Waals surface area contributed by atoms with Crippen LogP contribution in [0.15, 0.2) is 47.6 Å². The zero-order valence-electron chi connectivity index (χ0n) is 11.9. The van der Waals surface area contributed by atoms with Crippen LogP contribution >= 0.6 is 23.4 Å². The highest BCUT2D eigenvalue weighted by molar-refractivity contribution is 7.99. The summed E-state index contributed by atoms with van der Waals surface area (Å²) in [6.07, 6.45) is 0. The smallest absolute Gasteiger partial charge is 0.234 e. The molecule has 6 heteroatoms. The largest absolute Gasteiger partial charge is 0.333 e. The summed E-state index contributed by atoms with van der Waals surface area (Å²) in [5.74, 6) is 0.220. The molecule has 3 rings (SSSR count). The van der Waals surface area contributed by atoms with E-state index in [4.69, 9.17) is 11.6 Å². The van der Waals surface area contributed by atoms with Gasteiger partial charge in [-0.25, -0.2) is 4.98 Å². The van der Waals surface area contributed by atoms with E-state index in [9.17, 15) is 4.79 Å². The fourth-order valence-corrected chi connectivity index (χ4v) is 3.00. The summed E-state index contributed by atoms with van der Waals surface area (Å²) < 4.78 is 0. The molecule has 2 aromatic carbocycles. The zero-order chi connectivity index (χ0) is 15.5. The zero-order valence-corrected chi connectivity index (χ0v) is 13.5. The van der Waals surface area contributed by atoms with Crippen LogP contribution in [0.3, 0.4) is 0 Å². The number of rotatable bonds is 4. The van der Waals surface area contributed by atoms with Gasteiger partial charge in [-0.3, -0.25) is 4.79 Å². The van der Waals surface area contributed by atoms with Crippen molar-refractivity contribution in [2.24, 2.45) is 0 Å². The number of thioether (sulfide) groups is 1. The normalized spacial score (nSPS) is 10.8. The van der Waals surface area contributed by atoms with E-state index in [0.717, 1.165) is 27.4 Å². The number of hydrogen-bond acceptors (Lipinski definition) is 3. The van der Waals surface area contributed by atoms with E-state index in [1.165, 1.54) is 11.8 Å². The van der Waals surface area contributed by atoms with Gasteiger partial charge in [0.2, 0.25) is 5.91 Å². The average molecular weight is 332 g/mol. The molecule has 1 aromatic heterocycles. The number of halogens is 1. The third-order valence-corrected chi connectivity index (χ3v) is 4.28. The molecule has 0 saturated heterocycles. The van der Waals surface area contributed by atoms with Crippen LogP contribution in [-0.4, -0.2) is 21.6 Å². The molecule has 22 heavy (non-hydrogen) atoms. The minimum Gasteiger partial charge on any atom is -0.333 e. The molecule has 1 amide bonds. The van der Waals surface area contributed by atoms with Gasteiger partial charge >= 0.3 is 0 Å². The molecule has 0 bridgehead atoms. The lowest BCUT2D eigenvalue weighted by Gasteiger charge is -2.07. The van der Waals surface area contributed by atoms with Crippen LogP contribution in [0, 0.1) is 6.92 Å². The molecule has 0 atom stereocenters. The molecule has 112 valence electrons. The lowest BCUT2D eigenvalue weighted by molar-refractivity contribution is -0.113. The van der Waals surface area contributed by atoms with Gasteiger partial charge in [0.05, 0.1) is 16.8 Å². The number of carbonyl (C=O) groups excluding carboxylic acids is 1. The number of H-pyrrole nitrogens is 1. The highest BCUT2D eigenvalue weighted by atomic mass is 35.5. The minimum atomic E-state index is -0.0733. The summed E-state index contributed by atoms with van der Waals surface area (Å²) in [4.78, 5) is 19.7. The molecule has 3 aromatic rings. The SMILES string of the molecule is Cc1cc(Cl)ccc1NC(=O)CSc1nc2ccccc2[nH]1. The van der Waals surface area contributed by atoms with Crippen LogP contribution in [0.25, 0.3) is 11.0 Å². The Morgan fingerprint density at radius 1 is 1.32 bits per heavy atom. The Morgan fingerprint density at radius 3 is 2.91 bits per heavy atom. The summed E-state index contributed by atoms with van der Waals surface area (Å²) in [5.41, 5.74) is 3.59. The van der Waals surface area contributed by atoms with Crippen LogP contribution in [0.4, 0.5) is 5.69 Å². The molecule has 0 aliphatic carbocycles. The van der Waals surface area contributed by atoms with Gasteiger partial charge < -0.3 is 10.3 Å². The molecule has 0 unspecified atom stereocenters. The van der Waals surface area contributed by atoms with Crippen molar-refractivity contribution in [3.63, 3.8) is 0 Å². The third-order valence-electron chi connectivity index (χ3n) is 3.17. The summed E-state index contributed by atoms with van der Waals surface area (Å²) in [5, 5.41) is 4.28. The number of aromatic amines is 1. The summed E-state index contributed by atoms with van der Waals surface area (Å²) in [6, 6.07) is 13.2. The number of aryl methyl sites for hydroxylation is 1. The van der Waals surface area contributed by atoms with E-state index in [0.29, 0.717) is 10.8 Å². The first-order valence-electron chi connectivity index (χ1n) is 6.75. The molecular formula is C16H14ClN3OS. The molecule has 4 nitrogen and oxygen atoms in total. The van der Waals surface area contributed by atoms with Crippen molar-refractivity contribution in [3.05, 3.63) is 53.1 Å². The van der Waals surface area contributed by atoms with E-state index in [1.807, 2.05) is 37.3 Å². The van der Waals surface area contributed by atoms with Gasteiger partial charge in [0, 0.05) is 10.7 Å². The van der Waals surface area contributed by atoms with Gasteiger partial charge in [-0.1, -0.05) is 35.5 Å². The quantitative estimate of drug-likeness (QED) is 0.702. The van der Waals surface area contributed by atoms with Crippen molar-refractivity contribution >= 4 is 46.0 Å². The van der Waals surface area contributed by atoms with Gasteiger partial charge in [-0.15, -0.1) is 0 Å². The maximum absolute atomic E-state index is 12.0. The molecule has 0 aliphatic heterocycles. The topological polar surface area (TPSA) is 57.8 Å². The molecule has 0 saturated carbocycles. The Bertz CT molecular complexity index is 798. The van der Waals surface area contributed by atoms with Gasteiger partial charge in [0.1, 0.15) is 0 Å². The van der Waals surface area contributed by atoms with E-state index in [2.05, 4.69) is 15.3 Å². The number of aromatic nitrogens is 2. The van der Waals surface area contributed by atoms with E-state index < -0.39 is 0 Å². The van der Waals surface area contributed by atoms with Crippen molar-refractivity contribution < 1.29 is 4.79 Å². The minimum absolute atomic E-state index is 0.0733. The number of fused-ring (bicyclic) bond motifs is 1. The van der Waals surface area contributed by atoms with Gasteiger partial charge in [0.15, 0.2) is 5.16 Å². The number of carbonyl (C=O) groups is 1. The maximum atomic E-state index is 12.0. The summed E-state index contributed by atoms with van der Waals surface area (Å²) in [6.45, 7) is 1.91. The highest BCUT2D eigenvalue weighted by Crippen LogP contribution is 2.22. The van der Waals surface area contributed by atoms with Crippen molar-refractivity contribution in [3.8, 4) is 0 Å². The van der Waals surface area contributed by atoms with Crippen LogP contribution in [0.1, 0.15) is 5.56 Å². The number of amides is 1. The number of hydrogen-bond donors (Lipinski definition) is 2. The number of nitrogens with zero attached hydrogens (tertiary/aromatic N) is 1. The lowest BCUT2D eigenvalue weighted by Crippen LogP contribution is -2.14. The van der Waals surface area contributed by atoms with Crippen molar-refractivity contribution in [1.82, 2.24) is 9.97 Å². The Hall–Kier alpha value is -1.98.